The molecule has 6 rings (SSSR count). The van der Waals surface area contributed by atoms with Crippen LogP contribution in [0.5, 0.6) is 0 Å². The van der Waals surface area contributed by atoms with Crippen molar-refractivity contribution >= 4 is 33.2 Å². The van der Waals surface area contributed by atoms with Crippen molar-refractivity contribution in [2.24, 2.45) is 10.2 Å². The molecule has 0 saturated heterocycles. The standard InChI is InChI=1S/C32H38N4/c1-31(2,3)19-13-15-25-23(17-19)21-9-7-11-27(29(21)33-25)35-36-28-12-8-10-22-24-18-20(32(4,5)6)14-16-26(24)34-30(22)28/h13-18,33-34H,7-12H2,1-6H3/b35-27-,36-28-. The van der Waals surface area contributed by atoms with Gasteiger partial charge < -0.3 is 9.97 Å². The molecule has 0 amide bonds. The van der Waals surface area contributed by atoms with Crippen molar-refractivity contribution in [3.05, 3.63) is 70.0 Å². The second kappa shape index (κ2) is 8.19. The van der Waals surface area contributed by atoms with Gasteiger partial charge in [-0.3, -0.25) is 0 Å². The Morgan fingerprint density at radius 3 is 1.39 bits per heavy atom. The quantitative estimate of drug-likeness (QED) is 0.260. The third-order valence-electron chi connectivity index (χ3n) is 8.09. The summed E-state index contributed by atoms with van der Waals surface area (Å²) < 4.78 is 0. The molecule has 0 bridgehead atoms. The number of nitrogens with one attached hydrogen (secondary N) is 2. The molecule has 0 spiro atoms. The zero-order valence-corrected chi connectivity index (χ0v) is 22.6. The Hall–Kier alpha value is -3.14. The summed E-state index contributed by atoms with van der Waals surface area (Å²) in [5.74, 6) is 0. The Balaban J connectivity index is 1.40. The van der Waals surface area contributed by atoms with E-state index in [1.54, 1.807) is 0 Å². The zero-order valence-electron chi connectivity index (χ0n) is 22.6. The molecule has 2 heterocycles. The molecule has 2 aliphatic carbocycles. The zero-order chi connectivity index (χ0) is 25.2. The van der Waals surface area contributed by atoms with Crippen LogP contribution in [0, 0.1) is 0 Å². The molecular weight excluding hydrogens is 440 g/mol. The van der Waals surface area contributed by atoms with Gasteiger partial charge in [-0.15, -0.1) is 0 Å². The van der Waals surface area contributed by atoms with Crippen LogP contribution in [0.15, 0.2) is 46.6 Å². The molecule has 4 heteroatoms. The summed E-state index contributed by atoms with van der Waals surface area (Å²) in [7, 11) is 0. The highest BCUT2D eigenvalue weighted by Crippen LogP contribution is 2.35. The van der Waals surface area contributed by atoms with E-state index in [0.717, 1.165) is 49.9 Å². The van der Waals surface area contributed by atoms with Crippen LogP contribution < -0.4 is 0 Å². The number of aromatic amines is 2. The fourth-order valence-corrected chi connectivity index (χ4v) is 5.88. The largest absolute Gasteiger partial charge is 0.353 e. The van der Waals surface area contributed by atoms with Crippen LogP contribution in [-0.2, 0) is 23.7 Å². The van der Waals surface area contributed by atoms with Gasteiger partial charge in [0.25, 0.3) is 0 Å². The van der Waals surface area contributed by atoms with E-state index in [2.05, 4.69) is 87.9 Å². The van der Waals surface area contributed by atoms with Crippen molar-refractivity contribution in [3.63, 3.8) is 0 Å². The number of rotatable bonds is 1. The lowest BCUT2D eigenvalue weighted by Gasteiger charge is -2.19. The normalized spacial score (nSPS) is 18.8. The first-order valence-corrected chi connectivity index (χ1v) is 13.5. The van der Waals surface area contributed by atoms with Crippen LogP contribution in [-0.4, -0.2) is 21.4 Å². The molecular formula is C32H38N4. The molecule has 2 aromatic carbocycles. The van der Waals surface area contributed by atoms with E-state index in [9.17, 15) is 0 Å². The van der Waals surface area contributed by atoms with Crippen LogP contribution >= 0.6 is 0 Å². The molecule has 186 valence electrons. The predicted molar refractivity (Wildman–Crippen MR) is 153 cm³/mol. The summed E-state index contributed by atoms with van der Waals surface area (Å²) in [6.45, 7) is 13.7. The van der Waals surface area contributed by atoms with Crippen LogP contribution in [0.25, 0.3) is 21.8 Å². The minimum atomic E-state index is 0.141. The average molecular weight is 479 g/mol. The summed E-state index contributed by atoms with van der Waals surface area (Å²) in [6, 6.07) is 13.7. The van der Waals surface area contributed by atoms with Crippen molar-refractivity contribution < 1.29 is 0 Å². The number of benzene rings is 2. The molecule has 0 radical (unpaired) electrons. The highest BCUT2D eigenvalue weighted by molar-refractivity contribution is 6.09. The van der Waals surface area contributed by atoms with Gasteiger partial charge in [-0.2, -0.15) is 10.2 Å². The second-order valence-electron chi connectivity index (χ2n) is 12.8. The van der Waals surface area contributed by atoms with Crippen LogP contribution in [0.2, 0.25) is 0 Å². The predicted octanol–water partition coefficient (Wildman–Crippen LogP) is 8.11. The number of hydrogen-bond donors (Lipinski definition) is 2. The van der Waals surface area contributed by atoms with Gasteiger partial charge in [0.15, 0.2) is 0 Å². The van der Waals surface area contributed by atoms with E-state index < -0.39 is 0 Å². The number of hydrogen-bond acceptors (Lipinski definition) is 2. The van der Waals surface area contributed by atoms with Gasteiger partial charge >= 0.3 is 0 Å². The molecule has 2 N–H and O–H groups in total. The number of aromatic nitrogens is 2. The van der Waals surface area contributed by atoms with Gasteiger partial charge in [0.05, 0.1) is 22.8 Å². The molecule has 36 heavy (non-hydrogen) atoms. The van der Waals surface area contributed by atoms with Gasteiger partial charge in [-0.05, 0) is 95.9 Å². The van der Waals surface area contributed by atoms with E-state index in [1.165, 1.54) is 55.4 Å². The summed E-state index contributed by atoms with van der Waals surface area (Å²) >= 11 is 0. The second-order valence-corrected chi connectivity index (χ2v) is 12.8. The molecule has 0 fully saturated rings. The highest BCUT2D eigenvalue weighted by atomic mass is 15.2. The van der Waals surface area contributed by atoms with Gasteiger partial charge in [0.1, 0.15) is 0 Å². The Morgan fingerprint density at radius 1 is 0.583 bits per heavy atom. The molecule has 0 saturated carbocycles. The van der Waals surface area contributed by atoms with Crippen molar-refractivity contribution in [1.29, 1.82) is 0 Å². The first-order valence-electron chi connectivity index (χ1n) is 13.5. The SMILES string of the molecule is CC(C)(C)c1ccc2[nH]c3c(c2c1)CCC/C3=N/N=C1/CCCc2c1[nH]c1ccc(C(C)(C)C)cc21. The number of H-pyrrole nitrogens is 2. The van der Waals surface area contributed by atoms with Crippen LogP contribution in [0.3, 0.4) is 0 Å². The van der Waals surface area contributed by atoms with E-state index in [4.69, 9.17) is 10.2 Å². The Kier molecular flexibility index (Phi) is 5.30. The smallest absolute Gasteiger partial charge is 0.0868 e. The number of aryl methyl sites for hydroxylation is 2. The molecule has 4 aromatic rings. The first-order chi connectivity index (χ1) is 17.1. The lowest BCUT2D eigenvalue weighted by Crippen LogP contribution is -2.14. The number of nitrogens with zero attached hydrogens (tertiary/aromatic N) is 2. The van der Waals surface area contributed by atoms with E-state index in [-0.39, 0.29) is 10.8 Å². The maximum atomic E-state index is 4.89. The lowest BCUT2D eigenvalue weighted by molar-refractivity contribution is 0.591. The third-order valence-corrected chi connectivity index (χ3v) is 8.09. The van der Waals surface area contributed by atoms with Crippen molar-refractivity contribution in [2.75, 3.05) is 0 Å². The van der Waals surface area contributed by atoms with Gasteiger partial charge in [-0.25, -0.2) is 0 Å². The molecule has 2 aromatic heterocycles. The topological polar surface area (TPSA) is 56.3 Å². The van der Waals surface area contributed by atoms with Crippen molar-refractivity contribution in [3.8, 4) is 0 Å². The molecule has 0 unspecified atom stereocenters. The lowest BCUT2D eigenvalue weighted by atomic mass is 9.85. The van der Waals surface area contributed by atoms with E-state index in [1.807, 2.05) is 0 Å². The summed E-state index contributed by atoms with van der Waals surface area (Å²) in [5.41, 5.74) is 12.8. The van der Waals surface area contributed by atoms with Crippen LogP contribution in [0.1, 0.15) is 101 Å². The Morgan fingerprint density at radius 2 is 1.00 bits per heavy atom. The highest BCUT2D eigenvalue weighted by Gasteiger charge is 2.25. The van der Waals surface area contributed by atoms with Gasteiger partial charge in [0, 0.05) is 21.8 Å². The Labute approximate surface area is 214 Å². The molecule has 2 aliphatic rings. The van der Waals surface area contributed by atoms with E-state index in [0.29, 0.717) is 0 Å². The minimum absolute atomic E-state index is 0.141. The summed E-state index contributed by atoms with van der Waals surface area (Å²) in [5, 5.41) is 12.5. The molecule has 0 atom stereocenters. The summed E-state index contributed by atoms with van der Waals surface area (Å²) in [6.07, 6.45) is 6.38. The fraction of sp³-hybridized carbons (Fsp3) is 0.438. The maximum absolute atomic E-state index is 4.89. The maximum Gasteiger partial charge on any atom is 0.0868 e. The summed E-state index contributed by atoms with van der Waals surface area (Å²) in [4.78, 5) is 7.37. The first kappa shape index (κ1) is 23.3. The monoisotopic (exact) mass is 478 g/mol. The molecule has 4 nitrogen and oxygen atoms in total. The fourth-order valence-electron chi connectivity index (χ4n) is 5.88. The third kappa shape index (κ3) is 3.91. The van der Waals surface area contributed by atoms with Gasteiger partial charge in [-0.1, -0.05) is 53.7 Å². The van der Waals surface area contributed by atoms with E-state index >= 15 is 0 Å². The minimum Gasteiger partial charge on any atom is -0.353 e. The average Bonchev–Trinajstić information content (AvgIpc) is 3.39. The Bertz CT molecular complexity index is 1430. The van der Waals surface area contributed by atoms with Crippen molar-refractivity contribution in [2.45, 2.75) is 90.9 Å². The number of fused-ring (bicyclic) bond motifs is 6. The molecule has 0 aliphatic heterocycles. The van der Waals surface area contributed by atoms with Gasteiger partial charge in [0.2, 0.25) is 0 Å². The van der Waals surface area contributed by atoms with Crippen molar-refractivity contribution in [1.82, 2.24) is 9.97 Å². The van der Waals surface area contributed by atoms with Crippen LogP contribution in [0.4, 0.5) is 0 Å².